The topological polar surface area (TPSA) is 57.9 Å². The highest BCUT2D eigenvalue weighted by molar-refractivity contribution is 6.06. The minimum absolute atomic E-state index is 0.175. The number of azo groups is 1. The van der Waals surface area contributed by atoms with Crippen LogP contribution in [0.1, 0.15) is 6.42 Å². The van der Waals surface area contributed by atoms with Gasteiger partial charge in [-0.15, -0.1) is 10.2 Å². The number of nitrogens with zero attached hydrogens (tertiary/aromatic N) is 4. The van der Waals surface area contributed by atoms with Gasteiger partial charge < -0.3 is 0 Å². The summed E-state index contributed by atoms with van der Waals surface area (Å²) in [6, 6.07) is 5.45. The maximum absolute atomic E-state index is 12.4. The van der Waals surface area contributed by atoms with Gasteiger partial charge in [0.25, 0.3) is 5.91 Å². The molecule has 1 aliphatic heterocycles. The lowest BCUT2D eigenvalue weighted by atomic mass is 10.1. The van der Waals surface area contributed by atoms with Crippen LogP contribution in [0.4, 0.5) is 5.82 Å². The van der Waals surface area contributed by atoms with Crippen molar-refractivity contribution in [3.05, 3.63) is 58.6 Å². The van der Waals surface area contributed by atoms with Gasteiger partial charge in [-0.25, -0.2) is 4.98 Å². The Labute approximate surface area is 109 Å². The summed E-state index contributed by atoms with van der Waals surface area (Å²) < 4.78 is 0. The van der Waals surface area contributed by atoms with E-state index in [0.29, 0.717) is 11.5 Å². The number of rotatable bonds is 2. The number of amides is 1. The highest BCUT2D eigenvalue weighted by Gasteiger charge is 2.39. The molecule has 0 radical (unpaired) electrons. The van der Waals surface area contributed by atoms with Crippen LogP contribution in [0, 0.1) is 0 Å². The van der Waals surface area contributed by atoms with Crippen LogP contribution in [0.15, 0.2) is 68.8 Å². The summed E-state index contributed by atoms with van der Waals surface area (Å²) in [5.41, 5.74) is 4.68. The minimum atomic E-state index is -0.175. The van der Waals surface area contributed by atoms with Gasteiger partial charge in [0.05, 0.1) is 5.70 Å². The second kappa shape index (κ2) is 3.47. The van der Waals surface area contributed by atoms with Crippen LogP contribution in [0.2, 0.25) is 0 Å². The van der Waals surface area contributed by atoms with Crippen LogP contribution in [0.5, 0.6) is 0 Å². The van der Waals surface area contributed by atoms with E-state index in [-0.39, 0.29) is 5.91 Å². The van der Waals surface area contributed by atoms with E-state index in [1.165, 1.54) is 16.0 Å². The number of fused-ring (bicyclic) bond motifs is 2. The Morgan fingerprint density at radius 1 is 1.32 bits per heavy atom. The largest absolute Gasteiger partial charge is 0.294 e. The molecule has 1 fully saturated rings. The van der Waals surface area contributed by atoms with Gasteiger partial charge in [-0.3, -0.25) is 9.69 Å². The maximum atomic E-state index is 12.4. The fourth-order valence-corrected chi connectivity index (χ4v) is 2.35. The number of aromatic nitrogens is 1. The van der Waals surface area contributed by atoms with Gasteiger partial charge >= 0.3 is 0 Å². The summed E-state index contributed by atoms with van der Waals surface area (Å²) in [6.45, 7) is 0. The van der Waals surface area contributed by atoms with E-state index < -0.39 is 0 Å². The Hall–Kier alpha value is -2.56. The molecule has 0 saturated heterocycles. The third kappa shape index (κ3) is 1.41. The lowest BCUT2D eigenvalue weighted by molar-refractivity contribution is -0.115. The first-order valence-electron chi connectivity index (χ1n) is 6.05. The fourth-order valence-electron chi connectivity index (χ4n) is 2.35. The maximum Gasteiger partial charge on any atom is 0.280 e. The third-order valence-corrected chi connectivity index (χ3v) is 3.49. The summed E-state index contributed by atoms with van der Waals surface area (Å²) in [4.78, 5) is 18.1. The Morgan fingerprint density at radius 2 is 2.21 bits per heavy atom. The van der Waals surface area contributed by atoms with Gasteiger partial charge in [0.1, 0.15) is 5.82 Å². The Balaban J connectivity index is 1.70. The van der Waals surface area contributed by atoms with E-state index in [4.69, 9.17) is 0 Å². The summed E-state index contributed by atoms with van der Waals surface area (Å²) in [5.74, 6) is 0.430. The predicted molar refractivity (Wildman–Crippen MR) is 69.3 cm³/mol. The molecule has 1 aromatic heterocycles. The second-order valence-electron chi connectivity index (χ2n) is 4.69. The predicted octanol–water partition coefficient (Wildman–Crippen LogP) is 2.36. The molecule has 5 nitrogen and oxygen atoms in total. The monoisotopic (exact) mass is 250 g/mol. The SMILES string of the molecule is CN(C(=O)C1=C2C=C3CC3=C2N=N1)c1ccccn1. The number of carbonyl (C=O) groups excluding carboxylic acids is 1. The highest BCUT2D eigenvalue weighted by Crippen LogP contribution is 2.51. The number of hydrogen-bond donors (Lipinski definition) is 0. The van der Waals surface area contributed by atoms with Crippen molar-refractivity contribution in [3.63, 3.8) is 0 Å². The van der Waals surface area contributed by atoms with Crippen molar-refractivity contribution in [2.45, 2.75) is 6.42 Å². The number of carbonyl (C=O) groups is 1. The third-order valence-electron chi connectivity index (χ3n) is 3.49. The van der Waals surface area contributed by atoms with Crippen molar-refractivity contribution < 1.29 is 4.79 Å². The molecule has 0 aromatic carbocycles. The van der Waals surface area contributed by atoms with Crippen LogP contribution in [-0.2, 0) is 4.79 Å². The first-order valence-corrected chi connectivity index (χ1v) is 6.05. The molecule has 0 unspecified atom stereocenters. The lowest BCUT2D eigenvalue weighted by Gasteiger charge is -2.15. The minimum Gasteiger partial charge on any atom is -0.294 e. The summed E-state index contributed by atoms with van der Waals surface area (Å²) >= 11 is 0. The smallest absolute Gasteiger partial charge is 0.280 e. The molecule has 4 rings (SSSR count). The first-order chi connectivity index (χ1) is 9.25. The molecular weight excluding hydrogens is 240 g/mol. The van der Waals surface area contributed by atoms with E-state index in [0.717, 1.165) is 17.7 Å². The van der Waals surface area contributed by atoms with E-state index >= 15 is 0 Å². The molecule has 3 aliphatic rings. The van der Waals surface area contributed by atoms with Crippen molar-refractivity contribution in [2.75, 3.05) is 11.9 Å². The molecule has 2 heterocycles. The summed E-state index contributed by atoms with van der Waals surface area (Å²) in [7, 11) is 1.70. The summed E-state index contributed by atoms with van der Waals surface area (Å²) in [6.07, 6.45) is 4.67. The van der Waals surface area contributed by atoms with Gasteiger partial charge in [-0.05, 0) is 29.4 Å². The van der Waals surface area contributed by atoms with Crippen LogP contribution in [-0.4, -0.2) is 17.9 Å². The quantitative estimate of drug-likeness (QED) is 0.809. The normalized spacial score (nSPS) is 18.5. The number of hydrogen-bond acceptors (Lipinski definition) is 4. The first kappa shape index (κ1) is 10.4. The van der Waals surface area contributed by atoms with Crippen LogP contribution < -0.4 is 4.90 Å². The van der Waals surface area contributed by atoms with Gasteiger partial charge in [0.2, 0.25) is 0 Å². The molecule has 0 atom stereocenters. The average molecular weight is 250 g/mol. The molecule has 2 aliphatic carbocycles. The van der Waals surface area contributed by atoms with Crippen molar-refractivity contribution in [1.29, 1.82) is 0 Å². The van der Waals surface area contributed by atoms with Crippen LogP contribution in [0.3, 0.4) is 0 Å². The molecule has 5 heteroatoms. The van der Waals surface area contributed by atoms with Gasteiger partial charge in [0, 0.05) is 25.2 Å². The molecule has 0 spiro atoms. The summed E-state index contributed by atoms with van der Waals surface area (Å²) in [5, 5.41) is 8.14. The van der Waals surface area contributed by atoms with Crippen molar-refractivity contribution >= 4 is 11.7 Å². The molecule has 92 valence electrons. The Morgan fingerprint density at radius 3 is 3.00 bits per heavy atom. The highest BCUT2D eigenvalue weighted by atomic mass is 16.2. The van der Waals surface area contributed by atoms with Gasteiger partial charge in [0.15, 0.2) is 5.70 Å². The number of likely N-dealkylation sites (N-methyl/N-ethyl adjacent to an activating group) is 1. The number of anilines is 1. The average Bonchev–Trinajstić information content (AvgIpc) is 2.94. The number of allylic oxidation sites excluding steroid dienone is 3. The molecule has 1 amide bonds. The van der Waals surface area contributed by atoms with Crippen molar-refractivity contribution in [1.82, 2.24) is 4.98 Å². The molecule has 0 N–H and O–H groups in total. The second-order valence-corrected chi connectivity index (χ2v) is 4.69. The Bertz CT molecular complexity index is 725. The molecular formula is C14H10N4O. The van der Waals surface area contributed by atoms with Crippen molar-refractivity contribution in [2.24, 2.45) is 10.2 Å². The molecule has 19 heavy (non-hydrogen) atoms. The van der Waals surface area contributed by atoms with E-state index in [2.05, 4.69) is 15.2 Å². The molecule has 1 saturated carbocycles. The van der Waals surface area contributed by atoms with Gasteiger partial charge in [-0.1, -0.05) is 6.07 Å². The number of pyridine rings is 1. The van der Waals surface area contributed by atoms with E-state index in [1.807, 2.05) is 18.2 Å². The van der Waals surface area contributed by atoms with Gasteiger partial charge in [-0.2, -0.15) is 0 Å². The molecule has 0 bridgehead atoms. The lowest BCUT2D eigenvalue weighted by Crippen LogP contribution is -2.28. The zero-order chi connectivity index (χ0) is 13.0. The van der Waals surface area contributed by atoms with Crippen LogP contribution in [0.25, 0.3) is 0 Å². The fraction of sp³-hybridized carbons (Fsp3) is 0.143. The van der Waals surface area contributed by atoms with Crippen molar-refractivity contribution in [3.8, 4) is 0 Å². The zero-order valence-electron chi connectivity index (χ0n) is 10.3. The van der Waals surface area contributed by atoms with E-state index in [9.17, 15) is 4.79 Å². The Kier molecular flexibility index (Phi) is 1.90. The zero-order valence-corrected chi connectivity index (χ0v) is 10.3. The molecule has 1 aromatic rings. The van der Waals surface area contributed by atoms with E-state index in [1.54, 1.807) is 19.3 Å². The van der Waals surface area contributed by atoms with Crippen LogP contribution >= 0.6 is 0 Å². The standard InChI is InChI=1S/C14H10N4O/c1-18(11-4-2-3-5-15-11)14(19)13-10-7-8-6-9(8)12(10)16-17-13/h2-5,7H,6H2,1H3.